The van der Waals surface area contributed by atoms with Crippen LogP contribution in [-0.4, -0.2) is 87.3 Å². The summed E-state index contributed by atoms with van der Waals surface area (Å²) in [5, 5.41) is 19.5. The number of carbonyl (C=O) groups excluding carboxylic acids is 2. The van der Waals surface area contributed by atoms with Gasteiger partial charge in [-0.1, -0.05) is 0 Å². The molecule has 5 rings (SSSR count). The quantitative estimate of drug-likeness (QED) is 0.297. The summed E-state index contributed by atoms with van der Waals surface area (Å²) < 4.78 is 5.69. The minimum Gasteiger partial charge on any atom is -0.379 e. The van der Waals surface area contributed by atoms with Gasteiger partial charge in [-0.2, -0.15) is 0 Å². The van der Waals surface area contributed by atoms with Gasteiger partial charge in [0.25, 0.3) is 0 Å². The number of nitrogens with one attached hydrogen (secondary N) is 6. The molecule has 0 bridgehead atoms. The fourth-order valence-corrected chi connectivity index (χ4v) is 6.92. The number of carbonyl (C=O) groups is 2. The number of amides is 4. The third-order valence-electron chi connectivity index (χ3n) is 9.04. The molecule has 2 heterocycles. The van der Waals surface area contributed by atoms with Crippen molar-refractivity contribution in [3.05, 3.63) is 0 Å². The molecule has 11 heteroatoms. The lowest BCUT2D eigenvalue weighted by atomic mass is 9.85. The number of methoxy groups -OCH3 is 1. The molecule has 0 aromatic heterocycles. The van der Waals surface area contributed by atoms with Crippen molar-refractivity contribution in [2.75, 3.05) is 33.3 Å². The highest BCUT2D eigenvalue weighted by atomic mass is 16.5. The van der Waals surface area contributed by atoms with E-state index < -0.39 is 0 Å². The fraction of sp³-hybridized carbons (Fsp3) is 0.852. The Kier molecular flexibility index (Phi) is 9.24. The van der Waals surface area contributed by atoms with Crippen molar-refractivity contribution in [3.63, 3.8) is 0 Å². The van der Waals surface area contributed by atoms with Crippen molar-refractivity contribution in [1.29, 1.82) is 0 Å². The Hall–Kier alpha value is -2.56. The van der Waals surface area contributed by atoms with E-state index in [4.69, 9.17) is 4.74 Å². The minimum atomic E-state index is -0.139. The predicted octanol–water partition coefficient (Wildman–Crippen LogP) is 1.64. The monoisotopic (exact) mass is 530 g/mol. The molecular formula is C27H46N8O3. The largest absolute Gasteiger partial charge is 0.379 e. The topological polar surface area (TPSA) is 140 Å². The van der Waals surface area contributed by atoms with Crippen molar-refractivity contribution >= 4 is 23.7 Å². The number of urea groups is 2. The Morgan fingerprint density at radius 2 is 1.16 bits per heavy atom. The van der Waals surface area contributed by atoms with Crippen LogP contribution in [0.25, 0.3) is 0 Å². The second-order valence-corrected chi connectivity index (χ2v) is 11.6. The fourth-order valence-electron chi connectivity index (χ4n) is 6.92. The maximum Gasteiger partial charge on any atom is 0.315 e. The third-order valence-corrected chi connectivity index (χ3v) is 9.04. The first-order valence-electron chi connectivity index (χ1n) is 14.8. The van der Waals surface area contributed by atoms with Crippen LogP contribution in [-0.2, 0) is 4.74 Å². The Morgan fingerprint density at radius 1 is 0.684 bits per heavy atom. The number of ether oxygens (including phenoxy) is 1. The number of nitrogens with zero attached hydrogens (tertiary/aromatic N) is 2. The first-order valence-corrected chi connectivity index (χ1v) is 14.8. The highest BCUT2D eigenvalue weighted by molar-refractivity contribution is 5.86. The Balaban J connectivity index is 1.02. The van der Waals surface area contributed by atoms with Crippen LogP contribution in [0.1, 0.15) is 70.6 Å². The van der Waals surface area contributed by atoms with Gasteiger partial charge in [-0.3, -0.25) is 9.98 Å². The van der Waals surface area contributed by atoms with E-state index in [1.165, 1.54) is 0 Å². The summed E-state index contributed by atoms with van der Waals surface area (Å²) in [6.45, 7) is 3.66. The van der Waals surface area contributed by atoms with Gasteiger partial charge in [0.1, 0.15) is 0 Å². The smallest absolute Gasteiger partial charge is 0.315 e. The molecule has 3 unspecified atom stereocenters. The van der Waals surface area contributed by atoms with E-state index in [2.05, 4.69) is 41.9 Å². The molecule has 0 radical (unpaired) electrons. The molecule has 0 saturated heterocycles. The zero-order chi connectivity index (χ0) is 26.3. The molecule has 3 fully saturated rings. The summed E-state index contributed by atoms with van der Waals surface area (Å²) in [5.74, 6) is 3.33. The molecule has 3 aliphatic carbocycles. The van der Waals surface area contributed by atoms with Gasteiger partial charge in [-0.15, -0.1) is 0 Å². The van der Waals surface area contributed by atoms with Crippen LogP contribution < -0.4 is 31.9 Å². The van der Waals surface area contributed by atoms with Crippen LogP contribution in [0, 0.1) is 11.8 Å². The Morgan fingerprint density at radius 3 is 1.63 bits per heavy atom. The molecule has 6 N–H and O–H groups in total. The number of aliphatic imine (C=N–C) groups is 2. The van der Waals surface area contributed by atoms with E-state index in [1.807, 2.05) is 0 Å². The van der Waals surface area contributed by atoms with Crippen LogP contribution in [0.4, 0.5) is 9.59 Å². The maximum absolute atomic E-state index is 12.9. The van der Waals surface area contributed by atoms with Crippen molar-refractivity contribution in [1.82, 2.24) is 31.9 Å². The lowest BCUT2D eigenvalue weighted by molar-refractivity contribution is 0.0375. The zero-order valence-electron chi connectivity index (χ0n) is 22.8. The lowest BCUT2D eigenvalue weighted by Crippen LogP contribution is -2.57. The molecule has 4 amide bonds. The summed E-state index contributed by atoms with van der Waals surface area (Å²) in [4.78, 5) is 34.8. The van der Waals surface area contributed by atoms with Gasteiger partial charge >= 0.3 is 12.1 Å². The van der Waals surface area contributed by atoms with E-state index in [0.29, 0.717) is 18.3 Å². The van der Waals surface area contributed by atoms with Crippen LogP contribution in [0.15, 0.2) is 9.98 Å². The average molecular weight is 531 g/mol. The highest BCUT2D eigenvalue weighted by Gasteiger charge is 2.34. The summed E-state index contributed by atoms with van der Waals surface area (Å²) in [6, 6.07) is 0.0174. The lowest BCUT2D eigenvalue weighted by Gasteiger charge is -2.37. The minimum absolute atomic E-state index is 0.00945. The molecule has 11 nitrogen and oxygen atoms in total. The van der Waals surface area contributed by atoms with Crippen LogP contribution in [0.3, 0.4) is 0 Å². The van der Waals surface area contributed by atoms with Gasteiger partial charge in [0.15, 0.2) is 0 Å². The predicted molar refractivity (Wildman–Crippen MR) is 148 cm³/mol. The summed E-state index contributed by atoms with van der Waals surface area (Å²) in [5.41, 5.74) is 0. The SMILES string of the molecule is COC1CCC(NC(=O)NC2CCC(C3=NCCN3)CC2)CC1NC(=O)NC1CCC(C2=NCCN2)CC1. The summed E-state index contributed by atoms with van der Waals surface area (Å²) >= 11 is 0. The Labute approximate surface area is 226 Å². The number of hydrogen-bond donors (Lipinski definition) is 6. The first-order chi connectivity index (χ1) is 18.6. The molecule has 0 aromatic carbocycles. The van der Waals surface area contributed by atoms with Crippen molar-refractivity contribution in [2.24, 2.45) is 21.8 Å². The van der Waals surface area contributed by atoms with Gasteiger partial charge in [-0.05, 0) is 70.6 Å². The molecule has 3 saturated carbocycles. The number of amidine groups is 2. The van der Waals surface area contributed by atoms with Crippen LogP contribution in [0.5, 0.6) is 0 Å². The molecule has 3 atom stereocenters. The van der Waals surface area contributed by atoms with Gasteiger partial charge in [-0.25, -0.2) is 9.59 Å². The van der Waals surface area contributed by atoms with Gasteiger partial charge in [0.2, 0.25) is 0 Å². The third kappa shape index (κ3) is 7.09. The second-order valence-electron chi connectivity index (χ2n) is 11.6. The van der Waals surface area contributed by atoms with Crippen molar-refractivity contribution in [2.45, 2.75) is 101 Å². The summed E-state index contributed by atoms with van der Waals surface area (Å²) in [7, 11) is 1.70. The molecule has 0 spiro atoms. The van der Waals surface area contributed by atoms with Crippen LogP contribution in [0.2, 0.25) is 0 Å². The molecule has 38 heavy (non-hydrogen) atoms. The van der Waals surface area contributed by atoms with Crippen LogP contribution >= 0.6 is 0 Å². The van der Waals surface area contributed by atoms with Crippen molar-refractivity contribution in [3.8, 4) is 0 Å². The molecule has 2 aliphatic heterocycles. The molecule has 212 valence electrons. The van der Waals surface area contributed by atoms with E-state index in [1.54, 1.807) is 7.11 Å². The van der Waals surface area contributed by atoms with E-state index in [9.17, 15) is 9.59 Å². The number of hydrogen-bond acceptors (Lipinski definition) is 7. The zero-order valence-corrected chi connectivity index (χ0v) is 22.8. The van der Waals surface area contributed by atoms with Gasteiger partial charge in [0.05, 0.1) is 36.9 Å². The molecule has 5 aliphatic rings. The molecular weight excluding hydrogens is 484 g/mol. The standard InChI is InChI=1S/C27H46N8O3/c1-38-23-11-10-21(34-26(36)32-19-6-2-17(3-7-19)24-28-12-13-29-24)16-22(23)35-27(37)33-20-8-4-18(5-9-20)25-30-14-15-31-25/h17-23H,2-16H2,1H3,(H,28,29)(H,30,31)(H2,32,34,36)(H2,33,35,37). The van der Waals surface area contributed by atoms with Gasteiger partial charge < -0.3 is 36.6 Å². The maximum atomic E-state index is 12.9. The summed E-state index contributed by atoms with van der Waals surface area (Å²) in [6.07, 6.45) is 10.4. The first kappa shape index (κ1) is 27.0. The Bertz CT molecular complexity index is 880. The van der Waals surface area contributed by atoms with E-state index in [0.717, 1.165) is 102 Å². The van der Waals surface area contributed by atoms with E-state index in [-0.39, 0.29) is 42.3 Å². The second kappa shape index (κ2) is 13.0. The van der Waals surface area contributed by atoms with E-state index >= 15 is 0 Å². The van der Waals surface area contributed by atoms with Crippen molar-refractivity contribution < 1.29 is 14.3 Å². The van der Waals surface area contributed by atoms with Gasteiger partial charge in [0, 0.05) is 50.2 Å². The highest BCUT2D eigenvalue weighted by Crippen LogP contribution is 2.27. The number of rotatable bonds is 7. The normalized spacial score (nSPS) is 35.2. The molecule has 0 aromatic rings. The average Bonchev–Trinajstić information content (AvgIpc) is 3.65.